The monoisotopic (exact) mass is 358 g/mol. The van der Waals surface area contributed by atoms with Gasteiger partial charge in [0.2, 0.25) is 4.96 Å². The molecule has 118 valence electrons. The number of pyridine rings is 1. The van der Waals surface area contributed by atoms with Crippen LogP contribution in [0.25, 0.3) is 22.4 Å². The fraction of sp³-hybridized carbons (Fsp3) is 0. The molecule has 0 fully saturated rings. The van der Waals surface area contributed by atoms with Gasteiger partial charge in [0.15, 0.2) is 5.82 Å². The van der Waals surface area contributed by atoms with E-state index in [4.69, 9.17) is 11.6 Å². The van der Waals surface area contributed by atoms with Crippen LogP contribution < -0.4 is 10.1 Å². The molecule has 8 heteroatoms. The minimum absolute atomic E-state index is 0.174. The fourth-order valence-electron chi connectivity index (χ4n) is 2.23. The smallest absolute Gasteiger partial charge is 0.266 e. The highest BCUT2D eigenvalue weighted by molar-refractivity contribution is 7.15. The summed E-state index contributed by atoms with van der Waals surface area (Å²) in [7, 11) is 0. The minimum atomic E-state index is -0.489. The number of aromatic nitrogens is 4. The number of rotatable bonds is 2. The van der Waals surface area contributed by atoms with Crippen LogP contribution in [0.15, 0.2) is 47.5 Å². The summed E-state index contributed by atoms with van der Waals surface area (Å²) >= 11 is 7.12. The average Bonchev–Trinajstić information content (AvgIpc) is 3.12. The van der Waals surface area contributed by atoms with Crippen LogP contribution in [-0.2, 0) is 0 Å². The molecule has 5 nitrogen and oxygen atoms in total. The van der Waals surface area contributed by atoms with E-state index in [1.54, 1.807) is 24.5 Å². The van der Waals surface area contributed by atoms with E-state index in [1.807, 2.05) is 6.07 Å². The van der Waals surface area contributed by atoms with E-state index in [2.05, 4.69) is 15.1 Å². The third-order valence-electron chi connectivity index (χ3n) is 3.38. The van der Waals surface area contributed by atoms with Gasteiger partial charge in [-0.3, -0.25) is 9.78 Å². The number of nitrogens with zero attached hydrogens (tertiary/aromatic N) is 4. The van der Waals surface area contributed by atoms with Gasteiger partial charge < -0.3 is 0 Å². The predicted molar refractivity (Wildman–Crippen MR) is 90.6 cm³/mol. The maximum absolute atomic E-state index is 13.9. The van der Waals surface area contributed by atoms with Crippen LogP contribution in [0.4, 0.5) is 4.39 Å². The van der Waals surface area contributed by atoms with Gasteiger partial charge >= 0.3 is 0 Å². The molecule has 0 bridgehead atoms. The number of hydrogen-bond donors (Lipinski definition) is 0. The Morgan fingerprint density at radius 1 is 1.25 bits per heavy atom. The summed E-state index contributed by atoms with van der Waals surface area (Å²) in [6.07, 6.45) is 4.69. The summed E-state index contributed by atoms with van der Waals surface area (Å²) in [4.78, 5) is 21.2. The van der Waals surface area contributed by atoms with Crippen LogP contribution in [0, 0.1) is 5.82 Å². The Balaban J connectivity index is 1.88. The molecule has 3 heterocycles. The first-order valence-electron chi connectivity index (χ1n) is 6.89. The van der Waals surface area contributed by atoms with Crippen molar-refractivity contribution in [1.82, 2.24) is 19.6 Å². The lowest BCUT2D eigenvalue weighted by Crippen LogP contribution is -2.23. The SMILES string of the molecule is O=c1/c(=C/c2c(F)cccc2Cl)sc2nc(-c3cccnc3)nn12. The highest BCUT2D eigenvalue weighted by atomic mass is 35.5. The van der Waals surface area contributed by atoms with Gasteiger partial charge in [-0.2, -0.15) is 9.50 Å². The molecule has 24 heavy (non-hydrogen) atoms. The molecule has 0 spiro atoms. The van der Waals surface area contributed by atoms with E-state index in [1.165, 1.54) is 22.7 Å². The molecule has 0 saturated carbocycles. The van der Waals surface area contributed by atoms with E-state index < -0.39 is 5.82 Å². The molecule has 0 radical (unpaired) electrons. The van der Waals surface area contributed by atoms with Crippen LogP contribution in [0.2, 0.25) is 5.02 Å². The molecule has 0 N–H and O–H groups in total. The predicted octanol–water partition coefficient (Wildman–Crippen LogP) is 2.55. The first-order chi connectivity index (χ1) is 11.6. The van der Waals surface area contributed by atoms with Gasteiger partial charge in [-0.25, -0.2) is 4.39 Å². The van der Waals surface area contributed by atoms with Gasteiger partial charge in [0.25, 0.3) is 5.56 Å². The second kappa shape index (κ2) is 5.77. The van der Waals surface area contributed by atoms with E-state index in [9.17, 15) is 9.18 Å². The van der Waals surface area contributed by atoms with Crippen molar-refractivity contribution in [3.8, 4) is 11.4 Å². The Labute approximate surface area is 143 Å². The number of fused-ring (bicyclic) bond motifs is 1. The lowest BCUT2D eigenvalue weighted by Gasteiger charge is -1.97. The lowest BCUT2D eigenvalue weighted by molar-refractivity contribution is 0.625. The Morgan fingerprint density at radius 2 is 2.12 bits per heavy atom. The third kappa shape index (κ3) is 2.47. The highest BCUT2D eigenvalue weighted by Crippen LogP contribution is 2.20. The topological polar surface area (TPSA) is 60.2 Å². The molecule has 0 saturated heterocycles. The van der Waals surface area contributed by atoms with Gasteiger partial charge in [-0.1, -0.05) is 29.0 Å². The first kappa shape index (κ1) is 14.9. The van der Waals surface area contributed by atoms with Crippen molar-refractivity contribution >= 4 is 34.0 Å². The van der Waals surface area contributed by atoms with Crippen LogP contribution in [0.3, 0.4) is 0 Å². The number of halogens is 2. The quantitative estimate of drug-likeness (QED) is 0.552. The summed E-state index contributed by atoms with van der Waals surface area (Å²) in [6.45, 7) is 0. The van der Waals surface area contributed by atoms with E-state index in [0.717, 1.165) is 16.9 Å². The zero-order chi connectivity index (χ0) is 16.7. The molecule has 0 aliphatic rings. The normalized spacial score (nSPS) is 12.2. The van der Waals surface area contributed by atoms with Crippen molar-refractivity contribution < 1.29 is 4.39 Å². The molecule has 0 aliphatic heterocycles. The second-order valence-electron chi connectivity index (χ2n) is 4.92. The Morgan fingerprint density at radius 3 is 2.83 bits per heavy atom. The molecule has 0 amide bonds. The maximum Gasteiger partial charge on any atom is 0.291 e. The van der Waals surface area contributed by atoms with Gasteiger partial charge in [-0.05, 0) is 30.3 Å². The second-order valence-corrected chi connectivity index (χ2v) is 6.34. The summed E-state index contributed by atoms with van der Waals surface area (Å²) in [5.74, 6) is -0.0705. The molecule has 0 unspecified atom stereocenters. The van der Waals surface area contributed by atoms with Gasteiger partial charge in [0, 0.05) is 23.5 Å². The number of hydrogen-bond acceptors (Lipinski definition) is 5. The number of thiazole rings is 1. The van der Waals surface area contributed by atoms with Crippen molar-refractivity contribution in [3.63, 3.8) is 0 Å². The average molecular weight is 359 g/mol. The lowest BCUT2D eigenvalue weighted by atomic mass is 10.2. The van der Waals surface area contributed by atoms with Gasteiger partial charge in [-0.15, -0.1) is 5.10 Å². The van der Waals surface area contributed by atoms with Crippen molar-refractivity contribution in [2.24, 2.45) is 0 Å². The van der Waals surface area contributed by atoms with Crippen LogP contribution in [0.1, 0.15) is 5.56 Å². The van der Waals surface area contributed by atoms with Crippen molar-refractivity contribution in [1.29, 1.82) is 0 Å². The summed E-state index contributed by atoms with van der Waals surface area (Å²) in [6, 6.07) is 7.94. The summed E-state index contributed by atoms with van der Waals surface area (Å²) in [5, 5.41) is 4.45. The zero-order valence-electron chi connectivity index (χ0n) is 12.0. The van der Waals surface area contributed by atoms with Crippen molar-refractivity contribution in [3.05, 3.63) is 74.0 Å². The zero-order valence-corrected chi connectivity index (χ0v) is 13.6. The van der Waals surface area contributed by atoms with Crippen LogP contribution >= 0.6 is 22.9 Å². The summed E-state index contributed by atoms with van der Waals surface area (Å²) in [5.41, 5.74) is 0.528. The molecule has 0 aliphatic carbocycles. The molecule has 0 atom stereocenters. The minimum Gasteiger partial charge on any atom is -0.266 e. The van der Waals surface area contributed by atoms with E-state index in [0.29, 0.717) is 15.3 Å². The van der Waals surface area contributed by atoms with Gasteiger partial charge in [0.1, 0.15) is 5.82 Å². The fourth-order valence-corrected chi connectivity index (χ4v) is 3.34. The van der Waals surface area contributed by atoms with Crippen LogP contribution in [-0.4, -0.2) is 19.6 Å². The Bertz CT molecular complexity index is 1140. The number of benzene rings is 1. The molecule has 1 aromatic carbocycles. The van der Waals surface area contributed by atoms with Crippen molar-refractivity contribution in [2.45, 2.75) is 0 Å². The molecule has 4 aromatic rings. The molecular weight excluding hydrogens is 351 g/mol. The van der Waals surface area contributed by atoms with Gasteiger partial charge in [0.05, 0.1) is 9.55 Å². The molecular formula is C16H8ClFN4OS. The summed E-state index contributed by atoms with van der Waals surface area (Å²) < 4.78 is 15.4. The first-order valence-corrected chi connectivity index (χ1v) is 8.08. The standard InChI is InChI=1S/C16H8ClFN4OS/c17-11-4-1-5-12(18)10(11)7-13-15(23)22-16(24-13)20-14(21-22)9-3-2-6-19-8-9/h1-8H/b13-7-. The Hall–Kier alpha value is -2.64. The molecule has 4 rings (SSSR count). The highest BCUT2D eigenvalue weighted by Gasteiger charge is 2.13. The Kier molecular flexibility index (Phi) is 3.59. The maximum atomic E-state index is 13.9. The largest absolute Gasteiger partial charge is 0.291 e. The van der Waals surface area contributed by atoms with E-state index in [-0.39, 0.29) is 16.1 Å². The van der Waals surface area contributed by atoms with Crippen molar-refractivity contribution in [2.75, 3.05) is 0 Å². The van der Waals surface area contributed by atoms with Crippen LogP contribution in [0.5, 0.6) is 0 Å². The molecule has 3 aromatic heterocycles. The third-order valence-corrected chi connectivity index (χ3v) is 4.67. The van der Waals surface area contributed by atoms with E-state index >= 15 is 0 Å².